The fourth-order valence-corrected chi connectivity index (χ4v) is 4.00. The van der Waals surface area contributed by atoms with Gasteiger partial charge in [0.05, 0.1) is 10.3 Å². The van der Waals surface area contributed by atoms with Crippen molar-refractivity contribution in [1.29, 1.82) is 0 Å². The lowest BCUT2D eigenvalue weighted by atomic mass is 10.1. The molecular weight excluding hydrogens is 380 g/mol. The SMILES string of the molecule is CC(C)NS(=O)(=O)c1ccc(NC(=O)c2nn(C)c(=O)c3ccccc23)cc1. The summed E-state index contributed by atoms with van der Waals surface area (Å²) in [5.74, 6) is -0.497. The summed E-state index contributed by atoms with van der Waals surface area (Å²) in [4.78, 5) is 25.0. The minimum atomic E-state index is -3.61. The van der Waals surface area contributed by atoms with Crippen molar-refractivity contribution in [1.82, 2.24) is 14.5 Å². The normalized spacial score (nSPS) is 11.7. The number of hydrogen-bond donors (Lipinski definition) is 2. The molecule has 1 aromatic heterocycles. The van der Waals surface area contributed by atoms with Crippen LogP contribution in [0.1, 0.15) is 24.3 Å². The largest absolute Gasteiger partial charge is 0.321 e. The molecule has 3 rings (SSSR count). The van der Waals surface area contributed by atoms with Gasteiger partial charge in [-0.1, -0.05) is 18.2 Å². The van der Waals surface area contributed by atoms with E-state index in [1.54, 1.807) is 38.1 Å². The van der Waals surface area contributed by atoms with E-state index in [2.05, 4.69) is 15.1 Å². The molecule has 1 heterocycles. The third kappa shape index (κ3) is 3.95. The van der Waals surface area contributed by atoms with Crippen molar-refractivity contribution in [2.45, 2.75) is 24.8 Å². The summed E-state index contributed by atoms with van der Waals surface area (Å²) in [6.07, 6.45) is 0. The molecule has 2 aromatic carbocycles. The zero-order valence-electron chi connectivity index (χ0n) is 15.6. The first-order chi connectivity index (χ1) is 13.2. The molecule has 0 radical (unpaired) electrons. The second kappa shape index (κ2) is 7.53. The summed E-state index contributed by atoms with van der Waals surface area (Å²) >= 11 is 0. The van der Waals surface area contributed by atoms with Crippen LogP contribution in [0, 0.1) is 0 Å². The van der Waals surface area contributed by atoms with Gasteiger partial charge in [-0.15, -0.1) is 0 Å². The van der Waals surface area contributed by atoms with Crippen molar-refractivity contribution in [3.8, 4) is 0 Å². The number of benzene rings is 2. The molecule has 8 nitrogen and oxygen atoms in total. The quantitative estimate of drug-likeness (QED) is 0.679. The molecule has 0 saturated heterocycles. The van der Waals surface area contributed by atoms with Gasteiger partial charge in [0.1, 0.15) is 0 Å². The van der Waals surface area contributed by atoms with E-state index >= 15 is 0 Å². The van der Waals surface area contributed by atoms with E-state index in [0.29, 0.717) is 16.5 Å². The van der Waals surface area contributed by atoms with Gasteiger partial charge in [-0.05, 0) is 44.2 Å². The van der Waals surface area contributed by atoms with Gasteiger partial charge < -0.3 is 5.32 Å². The van der Waals surface area contributed by atoms with Crippen molar-refractivity contribution >= 4 is 32.4 Å². The highest BCUT2D eigenvalue weighted by molar-refractivity contribution is 7.89. The van der Waals surface area contributed by atoms with Gasteiger partial charge in [-0.25, -0.2) is 17.8 Å². The second-order valence-electron chi connectivity index (χ2n) is 6.58. The van der Waals surface area contributed by atoms with Crippen LogP contribution in [0.4, 0.5) is 5.69 Å². The van der Waals surface area contributed by atoms with Crippen molar-refractivity contribution in [2.75, 3.05) is 5.32 Å². The van der Waals surface area contributed by atoms with E-state index < -0.39 is 15.9 Å². The lowest BCUT2D eigenvalue weighted by molar-refractivity contribution is 0.102. The average Bonchev–Trinajstić information content (AvgIpc) is 2.64. The maximum atomic E-state index is 12.7. The number of fused-ring (bicyclic) bond motifs is 1. The fourth-order valence-electron chi connectivity index (χ4n) is 2.75. The molecule has 0 aliphatic carbocycles. The number of anilines is 1. The van der Waals surface area contributed by atoms with Crippen LogP contribution in [0.2, 0.25) is 0 Å². The van der Waals surface area contributed by atoms with Crippen molar-refractivity contribution < 1.29 is 13.2 Å². The Kier molecular flexibility index (Phi) is 5.30. The number of nitrogens with zero attached hydrogens (tertiary/aromatic N) is 2. The molecule has 2 N–H and O–H groups in total. The van der Waals surface area contributed by atoms with Gasteiger partial charge >= 0.3 is 0 Å². The van der Waals surface area contributed by atoms with E-state index in [9.17, 15) is 18.0 Å². The Morgan fingerprint density at radius 3 is 2.25 bits per heavy atom. The molecule has 28 heavy (non-hydrogen) atoms. The Morgan fingerprint density at radius 1 is 1.04 bits per heavy atom. The van der Waals surface area contributed by atoms with E-state index in [4.69, 9.17) is 0 Å². The molecule has 9 heteroatoms. The lowest BCUT2D eigenvalue weighted by Gasteiger charge is -2.11. The Bertz CT molecular complexity index is 1200. The van der Waals surface area contributed by atoms with Crippen LogP contribution in [0.3, 0.4) is 0 Å². The Labute approximate surface area is 162 Å². The smallest absolute Gasteiger partial charge is 0.276 e. The standard InChI is InChI=1S/C19H20N4O4S/c1-12(2)22-28(26,27)14-10-8-13(9-11-14)20-18(24)17-15-6-4-5-7-16(15)19(25)23(3)21-17/h4-12,22H,1-3H3,(H,20,24). The minimum absolute atomic E-state index is 0.102. The summed E-state index contributed by atoms with van der Waals surface area (Å²) in [6, 6.07) is 12.3. The zero-order chi connectivity index (χ0) is 20.5. The molecule has 3 aromatic rings. The number of nitrogens with one attached hydrogen (secondary N) is 2. The summed E-state index contributed by atoms with van der Waals surface area (Å²) in [5, 5.41) is 7.60. The Morgan fingerprint density at radius 2 is 1.64 bits per heavy atom. The summed E-state index contributed by atoms with van der Waals surface area (Å²) in [5.41, 5.74) is 0.225. The number of amides is 1. The summed E-state index contributed by atoms with van der Waals surface area (Å²) in [7, 11) is -2.13. The molecule has 0 aliphatic rings. The summed E-state index contributed by atoms with van der Waals surface area (Å²) in [6.45, 7) is 3.47. The molecule has 1 amide bonds. The predicted molar refractivity (Wildman–Crippen MR) is 107 cm³/mol. The number of rotatable bonds is 5. The van der Waals surface area contributed by atoms with Crippen LogP contribution < -0.4 is 15.6 Å². The molecular formula is C19H20N4O4S. The lowest BCUT2D eigenvalue weighted by Crippen LogP contribution is -2.30. The number of carbonyl (C=O) groups excluding carboxylic acids is 1. The zero-order valence-corrected chi connectivity index (χ0v) is 16.4. The molecule has 0 aliphatic heterocycles. The number of aromatic nitrogens is 2. The number of carbonyl (C=O) groups is 1. The van der Waals surface area contributed by atoms with Crippen LogP contribution >= 0.6 is 0 Å². The van der Waals surface area contributed by atoms with Crippen molar-refractivity contribution in [3.63, 3.8) is 0 Å². The van der Waals surface area contributed by atoms with Crippen LogP contribution in [-0.4, -0.2) is 30.1 Å². The monoisotopic (exact) mass is 400 g/mol. The highest BCUT2D eigenvalue weighted by Crippen LogP contribution is 2.17. The van der Waals surface area contributed by atoms with Gasteiger partial charge in [-0.2, -0.15) is 5.10 Å². The highest BCUT2D eigenvalue weighted by atomic mass is 32.2. The Balaban J connectivity index is 1.90. The first-order valence-electron chi connectivity index (χ1n) is 8.59. The van der Waals surface area contributed by atoms with E-state index in [0.717, 1.165) is 4.68 Å². The van der Waals surface area contributed by atoms with E-state index in [-0.39, 0.29) is 22.2 Å². The van der Waals surface area contributed by atoms with Crippen LogP contribution in [0.15, 0.2) is 58.2 Å². The van der Waals surface area contributed by atoms with Crippen molar-refractivity contribution in [3.05, 3.63) is 64.6 Å². The van der Waals surface area contributed by atoms with Crippen LogP contribution in [0.25, 0.3) is 10.8 Å². The molecule has 0 saturated carbocycles. The van der Waals surface area contributed by atoms with Gasteiger partial charge in [0.25, 0.3) is 11.5 Å². The topological polar surface area (TPSA) is 110 Å². The van der Waals surface area contributed by atoms with Gasteiger partial charge in [0.2, 0.25) is 10.0 Å². The number of sulfonamides is 1. The van der Waals surface area contributed by atoms with Crippen molar-refractivity contribution in [2.24, 2.45) is 7.05 Å². The molecule has 0 fully saturated rings. The first kappa shape index (κ1) is 19.7. The molecule has 0 bridgehead atoms. The maximum absolute atomic E-state index is 12.7. The third-order valence-electron chi connectivity index (χ3n) is 3.98. The molecule has 0 unspecified atom stereocenters. The number of aryl methyl sites for hydroxylation is 1. The molecule has 0 atom stereocenters. The highest BCUT2D eigenvalue weighted by Gasteiger charge is 2.17. The summed E-state index contributed by atoms with van der Waals surface area (Å²) < 4.78 is 28.0. The minimum Gasteiger partial charge on any atom is -0.321 e. The maximum Gasteiger partial charge on any atom is 0.276 e. The first-order valence-corrected chi connectivity index (χ1v) is 10.1. The van der Waals surface area contributed by atoms with Gasteiger partial charge in [0.15, 0.2) is 5.69 Å². The number of hydrogen-bond acceptors (Lipinski definition) is 5. The average molecular weight is 400 g/mol. The van der Waals surface area contributed by atoms with Gasteiger partial charge in [0, 0.05) is 24.2 Å². The van der Waals surface area contributed by atoms with Crippen LogP contribution in [-0.2, 0) is 17.1 Å². The second-order valence-corrected chi connectivity index (χ2v) is 8.29. The third-order valence-corrected chi connectivity index (χ3v) is 5.66. The van der Waals surface area contributed by atoms with E-state index in [1.165, 1.54) is 31.3 Å². The fraction of sp³-hybridized carbons (Fsp3) is 0.211. The Hall–Kier alpha value is -3.04. The molecule has 146 valence electrons. The van der Waals surface area contributed by atoms with Gasteiger partial charge in [-0.3, -0.25) is 9.59 Å². The molecule has 0 spiro atoms. The predicted octanol–water partition coefficient (Wildman–Crippen LogP) is 1.87. The van der Waals surface area contributed by atoms with E-state index in [1.807, 2.05) is 0 Å². The van der Waals surface area contributed by atoms with Crippen LogP contribution in [0.5, 0.6) is 0 Å².